The lowest BCUT2D eigenvalue weighted by Crippen LogP contribution is -2.15. The SMILES string of the molecule is CCCOc1ccc(/C=C/C(=O)Nc2ccc(C)c(S(N)(=O)=O)c2)cc1OCC. The van der Waals surface area contributed by atoms with Crippen LogP contribution in [0.1, 0.15) is 31.4 Å². The van der Waals surface area contributed by atoms with Crippen LogP contribution in [0.15, 0.2) is 47.4 Å². The maximum atomic E-state index is 12.2. The Hall–Kier alpha value is -2.84. The van der Waals surface area contributed by atoms with Crippen molar-refractivity contribution in [1.29, 1.82) is 0 Å². The Kier molecular flexibility index (Phi) is 7.81. The van der Waals surface area contributed by atoms with Crippen molar-refractivity contribution in [1.82, 2.24) is 0 Å². The summed E-state index contributed by atoms with van der Waals surface area (Å²) in [5.41, 5.74) is 1.61. The Balaban J connectivity index is 2.13. The Morgan fingerprint density at radius 2 is 1.86 bits per heavy atom. The number of hydrogen-bond acceptors (Lipinski definition) is 5. The van der Waals surface area contributed by atoms with Crippen LogP contribution in [0.4, 0.5) is 5.69 Å². The van der Waals surface area contributed by atoms with Gasteiger partial charge in [0.05, 0.1) is 18.1 Å². The molecule has 0 fully saturated rings. The summed E-state index contributed by atoms with van der Waals surface area (Å²) >= 11 is 0. The molecule has 29 heavy (non-hydrogen) atoms. The number of sulfonamides is 1. The second kappa shape index (κ2) is 10.1. The van der Waals surface area contributed by atoms with Gasteiger partial charge in [-0.1, -0.05) is 19.1 Å². The molecule has 0 atom stereocenters. The van der Waals surface area contributed by atoms with Gasteiger partial charge in [0.15, 0.2) is 11.5 Å². The lowest BCUT2D eigenvalue weighted by molar-refractivity contribution is -0.111. The van der Waals surface area contributed by atoms with Crippen molar-refractivity contribution < 1.29 is 22.7 Å². The van der Waals surface area contributed by atoms with Crippen LogP contribution in [0.2, 0.25) is 0 Å². The summed E-state index contributed by atoms with van der Waals surface area (Å²) < 4.78 is 34.5. The molecule has 3 N–H and O–H groups in total. The first-order chi connectivity index (χ1) is 13.7. The van der Waals surface area contributed by atoms with Crippen molar-refractivity contribution in [2.24, 2.45) is 5.14 Å². The van der Waals surface area contributed by atoms with E-state index in [1.807, 2.05) is 19.9 Å². The van der Waals surface area contributed by atoms with Crippen LogP contribution in [0, 0.1) is 6.92 Å². The summed E-state index contributed by atoms with van der Waals surface area (Å²) in [6.07, 6.45) is 3.88. The summed E-state index contributed by atoms with van der Waals surface area (Å²) in [5.74, 6) is 0.865. The molecule has 0 saturated carbocycles. The predicted octanol–water partition coefficient (Wildman–Crippen LogP) is 3.48. The second-order valence-corrected chi connectivity index (χ2v) is 7.87. The number of hydrogen-bond donors (Lipinski definition) is 2. The highest BCUT2D eigenvalue weighted by Gasteiger charge is 2.12. The molecule has 0 aliphatic rings. The first-order valence-corrected chi connectivity index (χ1v) is 10.8. The molecule has 1 amide bonds. The van der Waals surface area contributed by atoms with Gasteiger partial charge in [-0.15, -0.1) is 0 Å². The highest BCUT2D eigenvalue weighted by molar-refractivity contribution is 7.89. The average molecular weight is 419 g/mol. The van der Waals surface area contributed by atoms with Crippen LogP contribution in [-0.2, 0) is 14.8 Å². The number of carbonyl (C=O) groups is 1. The fourth-order valence-electron chi connectivity index (χ4n) is 2.57. The number of carbonyl (C=O) groups excluding carboxylic acids is 1. The molecule has 2 aromatic carbocycles. The van der Waals surface area contributed by atoms with Crippen molar-refractivity contribution in [2.75, 3.05) is 18.5 Å². The van der Waals surface area contributed by atoms with Crippen molar-refractivity contribution in [3.05, 3.63) is 53.6 Å². The maximum absolute atomic E-state index is 12.2. The van der Waals surface area contributed by atoms with Gasteiger partial charge in [-0.25, -0.2) is 13.6 Å². The van der Waals surface area contributed by atoms with E-state index in [0.717, 1.165) is 12.0 Å². The first kappa shape index (κ1) is 22.4. The van der Waals surface area contributed by atoms with Gasteiger partial charge in [0.2, 0.25) is 15.9 Å². The number of primary sulfonamides is 1. The van der Waals surface area contributed by atoms with Gasteiger partial charge in [0, 0.05) is 11.8 Å². The number of nitrogens with two attached hydrogens (primary N) is 1. The largest absolute Gasteiger partial charge is 0.490 e. The Morgan fingerprint density at radius 1 is 1.10 bits per heavy atom. The normalized spacial score (nSPS) is 11.4. The zero-order chi connectivity index (χ0) is 21.4. The van der Waals surface area contributed by atoms with E-state index in [2.05, 4.69) is 5.32 Å². The molecule has 7 nitrogen and oxygen atoms in total. The minimum Gasteiger partial charge on any atom is -0.490 e. The molecule has 0 spiro atoms. The molecule has 0 unspecified atom stereocenters. The third-order valence-corrected chi connectivity index (χ3v) is 4.97. The van der Waals surface area contributed by atoms with E-state index in [9.17, 15) is 13.2 Å². The fourth-order valence-corrected chi connectivity index (χ4v) is 3.38. The number of rotatable bonds is 9. The molecule has 0 heterocycles. The average Bonchev–Trinajstić information content (AvgIpc) is 2.66. The number of ether oxygens (including phenoxy) is 2. The molecule has 0 bridgehead atoms. The monoisotopic (exact) mass is 418 g/mol. The quantitative estimate of drug-likeness (QED) is 0.606. The lowest BCUT2D eigenvalue weighted by Gasteiger charge is -2.12. The van der Waals surface area contributed by atoms with Crippen molar-refractivity contribution in [3.8, 4) is 11.5 Å². The van der Waals surface area contributed by atoms with Crippen molar-refractivity contribution in [3.63, 3.8) is 0 Å². The standard InChI is InChI=1S/C21H26N2O5S/c1-4-12-28-18-10-7-16(13-19(18)27-5-2)8-11-21(24)23-17-9-6-15(3)20(14-17)29(22,25)26/h6-11,13-14H,4-5,12H2,1-3H3,(H,23,24)(H2,22,25,26)/b11-8+. The summed E-state index contributed by atoms with van der Waals surface area (Å²) in [5, 5.41) is 7.83. The summed E-state index contributed by atoms with van der Waals surface area (Å²) in [6.45, 7) is 6.63. The lowest BCUT2D eigenvalue weighted by atomic mass is 10.2. The van der Waals surface area contributed by atoms with Gasteiger partial charge in [0.25, 0.3) is 0 Å². The van der Waals surface area contributed by atoms with Crippen LogP contribution < -0.4 is 19.9 Å². The number of nitrogens with one attached hydrogen (secondary N) is 1. The third-order valence-electron chi connectivity index (χ3n) is 3.92. The molecule has 0 saturated heterocycles. The maximum Gasteiger partial charge on any atom is 0.248 e. The van der Waals surface area contributed by atoms with E-state index in [-0.39, 0.29) is 4.90 Å². The molecule has 0 aliphatic heterocycles. The molecular weight excluding hydrogens is 392 g/mol. The minimum absolute atomic E-state index is 0.0247. The van der Waals surface area contributed by atoms with Crippen LogP contribution in [0.25, 0.3) is 6.08 Å². The summed E-state index contributed by atoms with van der Waals surface area (Å²) in [4.78, 5) is 12.2. The summed E-state index contributed by atoms with van der Waals surface area (Å²) in [7, 11) is -3.86. The van der Waals surface area contributed by atoms with E-state index in [1.165, 1.54) is 12.1 Å². The van der Waals surface area contributed by atoms with Crippen molar-refractivity contribution in [2.45, 2.75) is 32.1 Å². The van der Waals surface area contributed by atoms with E-state index in [0.29, 0.717) is 36.0 Å². The smallest absolute Gasteiger partial charge is 0.248 e. The zero-order valence-electron chi connectivity index (χ0n) is 16.8. The molecule has 156 valence electrons. The summed E-state index contributed by atoms with van der Waals surface area (Å²) in [6, 6.07) is 9.96. The molecule has 2 rings (SSSR count). The van der Waals surface area contributed by atoms with Crippen molar-refractivity contribution >= 4 is 27.7 Å². The Morgan fingerprint density at radius 3 is 2.52 bits per heavy atom. The topological polar surface area (TPSA) is 108 Å². The first-order valence-electron chi connectivity index (χ1n) is 9.26. The Bertz CT molecular complexity index is 1000. The molecule has 0 aromatic heterocycles. The van der Waals surface area contributed by atoms with Gasteiger partial charge >= 0.3 is 0 Å². The highest BCUT2D eigenvalue weighted by Crippen LogP contribution is 2.29. The Labute approximate surface area is 171 Å². The fraction of sp³-hybridized carbons (Fsp3) is 0.286. The van der Waals surface area contributed by atoms with Gasteiger partial charge < -0.3 is 14.8 Å². The highest BCUT2D eigenvalue weighted by atomic mass is 32.2. The molecule has 0 radical (unpaired) electrons. The van der Waals surface area contributed by atoms with E-state index >= 15 is 0 Å². The molecular formula is C21H26N2O5S. The van der Waals surface area contributed by atoms with Gasteiger partial charge in [-0.3, -0.25) is 4.79 Å². The molecule has 8 heteroatoms. The van der Waals surface area contributed by atoms with Crippen LogP contribution in [0.5, 0.6) is 11.5 Å². The number of anilines is 1. The van der Waals surface area contributed by atoms with Gasteiger partial charge in [-0.05, 0) is 61.7 Å². The second-order valence-electron chi connectivity index (χ2n) is 6.34. The van der Waals surface area contributed by atoms with E-state index in [4.69, 9.17) is 14.6 Å². The van der Waals surface area contributed by atoms with E-state index < -0.39 is 15.9 Å². The number of amides is 1. The minimum atomic E-state index is -3.86. The van der Waals surface area contributed by atoms with Crippen LogP contribution in [-0.4, -0.2) is 27.5 Å². The zero-order valence-corrected chi connectivity index (χ0v) is 17.6. The number of aryl methyl sites for hydroxylation is 1. The molecule has 0 aliphatic carbocycles. The van der Waals surface area contributed by atoms with Gasteiger partial charge in [-0.2, -0.15) is 0 Å². The van der Waals surface area contributed by atoms with E-state index in [1.54, 1.807) is 37.3 Å². The van der Waals surface area contributed by atoms with Crippen LogP contribution >= 0.6 is 0 Å². The third kappa shape index (κ3) is 6.62. The van der Waals surface area contributed by atoms with Crippen LogP contribution in [0.3, 0.4) is 0 Å². The molecule has 2 aromatic rings. The van der Waals surface area contributed by atoms with Gasteiger partial charge in [0.1, 0.15) is 0 Å². The predicted molar refractivity (Wildman–Crippen MR) is 114 cm³/mol. The number of benzene rings is 2.